The predicted octanol–water partition coefficient (Wildman–Crippen LogP) is 5.66. The average molecular weight is 471 g/mol. The Kier molecular flexibility index (Phi) is 6.28. The number of alkyl halides is 3. The van der Waals surface area contributed by atoms with Crippen molar-refractivity contribution in [2.24, 2.45) is 0 Å². The van der Waals surface area contributed by atoms with Crippen LogP contribution >= 0.6 is 0 Å². The maximum atomic E-state index is 13.3. The van der Waals surface area contributed by atoms with Crippen LogP contribution in [-0.2, 0) is 4.79 Å². The molecule has 0 radical (unpaired) electrons. The molecule has 0 bridgehead atoms. The lowest BCUT2D eigenvalue weighted by Gasteiger charge is -2.27. The molecule has 0 aliphatic rings. The van der Waals surface area contributed by atoms with E-state index < -0.39 is 24.2 Å². The molecule has 0 saturated heterocycles. The van der Waals surface area contributed by atoms with Crippen LogP contribution in [0.4, 0.5) is 17.6 Å². The summed E-state index contributed by atoms with van der Waals surface area (Å²) in [5, 5.41) is 7.09. The van der Waals surface area contributed by atoms with E-state index in [0.717, 1.165) is 10.9 Å². The van der Waals surface area contributed by atoms with Crippen LogP contribution in [-0.4, -0.2) is 27.9 Å². The third-order valence-corrected chi connectivity index (χ3v) is 5.39. The summed E-state index contributed by atoms with van der Waals surface area (Å²) in [7, 11) is 0. The van der Waals surface area contributed by atoms with Gasteiger partial charge in [-0.3, -0.25) is 4.79 Å². The highest BCUT2D eigenvalue weighted by atomic mass is 19.4. The molecule has 1 aromatic heterocycles. The summed E-state index contributed by atoms with van der Waals surface area (Å²) in [6, 6.07) is 17.2. The lowest BCUT2D eigenvalue weighted by molar-refractivity contribution is -0.174. The van der Waals surface area contributed by atoms with Crippen LogP contribution in [0.15, 0.2) is 72.9 Å². The Bertz CT molecular complexity index is 1300. The fraction of sp³-hybridized carbons (Fsp3) is 0.200. The summed E-state index contributed by atoms with van der Waals surface area (Å²) < 4.78 is 59.6. The van der Waals surface area contributed by atoms with Gasteiger partial charge in [0.15, 0.2) is 0 Å². The molecule has 0 saturated carbocycles. The van der Waals surface area contributed by atoms with Crippen molar-refractivity contribution >= 4 is 16.8 Å². The molecule has 34 heavy (non-hydrogen) atoms. The lowest BCUT2D eigenvalue weighted by atomic mass is 10.0. The molecule has 0 aliphatic heterocycles. The highest BCUT2D eigenvalue weighted by Gasteiger charge is 2.40. The Balaban J connectivity index is 1.67. The van der Waals surface area contributed by atoms with Crippen molar-refractivity contribution in [3.8, 4) is 11.4 Å². The number of nitrogens with one attached hydrogen (secondary N) is 1. The second kappa shape index (κ2) is 9.17. The van der Waals surface area contributed by atoms with Crippen LogP contribution in [0.5, 0.6) is 5.75 Å². The number of amides is 1. The van der Waals surface area contributed by atoms with Crippen LogP contribution in [0.25, 0.3) is 16.6 Å². The van der Waals surface area contributed by atoms with Crippen molar-refractivity contribution in [2.75, 3.05) is 0 Å². The van der Waals surface area contributed by atoms with Gasteiger partial charge in [-0.1, -0.05) is 30.3 Å². The molecular weight excluding hydrogens is 450 g/mol. The van der Waals surface area contributed by atoms with Crippen molar-refractivity contribution in [3.05, 3.63) is 89.9 Å². The number of aryl methyl sites for hydroxylation is 1. The zero-order valence-corrected chi connectivity index (χ0v) is 18.3. The Labute approximate surface area is 193 Å². The Morgan fingerprint density at radius 2 is 1.74 bits per heavy atom. The number of nitrogens with zero attached hydrogens (tertiary/aromatic N) is 2. The van der Waals surface area contributed by atoms with Crippen LogP contribution in [0.2, 0.25) is 0 Å². The Morgan fingerprint density at radius 3 is 2.38 bits per heavy atom. The van der Waals surface area contributed by atoms with Gasteiger partial charge in [-0.15, -0.1) is 0 Å². The molecule has 5 nitrogen and oxygen atoms in total. The van der Waals surface area contributed by atoms with E-state index in [1.54, 1.807) is 66.3 Å². The molecule has 1 N–H and O–H groups in total. The summed E-state index contributed by atoms with van der Waals surface area (Å²) in [5.74, 6) is -1.95. The molecule has 0 spiro atoms. The smallest absolute Gasteiger partial charge is 0.471 e. The van der Waals surface area contributed by atoms with Crippen LogP contribution in [0, 0.1) is 12.7 Å². The van der Waals surface area contributed by atoms with Gasteiger partial charge >= 0.3 is 12.1 Å². The molecule has 0 unspecified atom stereocenters. The van der Waals surface area contributed by atoms with Crippen molar-refractivity contribution in [1.82, 2.24) is 15.1 Å². The van der Waals surface area contributed by atoms with E-state index in [9.17, 15) is 22.4 Å². The Morgan fingerprint density at radius 1 is 1.06 bits per heavy atom. The average Bonchev–Trinajstić information content (AvgIpc) is 3.20. The van der Waals surface area contributed by atoms with E-state index >= 15 is 0 Å². The molecule has 4 aromatic rings. The third-order valence-electron chi connectivity index (χ3n) is 5.39. The predicted molar refractivity (Wildman–Crippen MR) is 119 cm³/mol. The van der Waals surface area contributed by atoms with Gasteiger partial charge in [-0.2, -0.15) is 18.3 Å². The fourth-order valence-electron chi connectivity index (χ4n) is 3.68. The maximum absolute atomic E-state index is 13.3. The molecule has 1 amide bonds. The zero-order chi connectivity index (χ0) is 24.5. The van der Waals surface area contributed by atoms with Gasteiger partial charge in [0.1, 0.15) is 17.7 Å². The number of carbonyl (C=O) groups excluding carboxylic acids is 1. The lowest BCUT2D eigenvalue weighted by Crippen LogP contribution is -2.45. The van der Waals surface area contributed by atoms with Gasteiger partial charge < -0.3 is 10.1 Å². The molecule has 2 atom stereocenters. The molecule has 0 aliphatic carbocycles. The number of halogens is 4. The summed E-state index contributed by atoms with van der Waals surface area (Å²) in [5.41, 5.74) is 2.76. The van der Waals surface area contributed by atoms with E-state index in [1.807, 2.05) is 11.4 Å². The zero-order valence-electron chi connectivity index (χ0n) is 18.3. The quantitative estimate of drug-likeness (QED) is 0.369. The standard InChI is InChI=1S/C25H21F4N3O2/c1-15-12-21-18(14-30-32(21)20-10-8-19(26)9-11-20)13-22(15)34-23(17-6-4-3-5-7-17)16(2)31-24(33)25(27,28)29/h3-14,16,23H,1-2H3,(H,31,33)/t16-,23-/m0/s1. The molecule has 4 rings (SSSR count). The van der Waals surface area contributed by atoms with E-state index in [4.69, 9.17) is 4.74 Å². The normalized spacial score (nSPS) is 13.5. The van der Waals surface area contributed by atoms with Crippen molar-refractivity contribution in [1.29, 1.82) is 0 Å². The molecule has 3 aromatic carbocycles. The number of rotatable bonds is 6. The van der Waals surface area contributed by atoms with Gasteiger partial charge in [0.2, 0.25) is 0 Å². The number of hydrogen-bond acceptors (Lipinski definition) is 3. The highest BCUT2D eigenvalue weighted by Crippen LogP contribution is 2.32. The van der Waals surface area contributed by atoms with Crippen LogP contribution < -0.4 is 10.1 Å². The summed E-state index contributed by atoms with van der Waals surface area (Å²) >= 11 is 0. The largest absolute Gasteiger partial charge is 0.483 e. The molecule has 0 fully saturated rings. The molecule has 9 heteroatoms. The van der Waals surface area contributed by atoms with Crippen molar-refractivity contribution < 1.29 is 27.1 Å². The van der Waals surface area contributed by atoms with Crippen molar-refractivity contribution in [3.63, 3.8) is 0 Å². The molecule has 176 valence electrons. The number of hydrogen-bond donors (Lipinski definition) is 1. The minimum Gasteiger partial charge on any atom is -0.483 e. The van der Waals surface area contributed by atoms with E-state index in [-0.39, 0.29) is 5.82 Å². The first-order valence-corrected chi connectivity index (χ1v) is 10.5. The first-order valence-electron chi connectivity index (χ1n) is 10.5. The highest BCUT2D eigenvalue weighted by molar-refractivity contribution is 5.83. The maximum Gasteiger partial charge on any atom is 0.471 e. The van der Waals surface area contributed by atoms with Gasteiger partial charge in [0.05, 0.1) is 23.4 Å². The summed E-state index contributed by atoms with van der Waals surface area (Å²) in [6.07, 6.45) is -4.26. The first-order chi connectivity index (χ1) is 16.1. The summed E-state index contributed by atoms with van der Waals surface area (Å²) in [4.78, 5) is 11.5. The monoisotopic (exact) mass is 471 g/mol. The second-order valence-corrected chi connectivity index (χ2v) is 7.92. The molecular formula is C25H21F4N3O2. The minimum atomic E-state index is -5.00. The van der Waals surface area contributed by atoms with E-state index in [2.05, 4.69) is 5.10 Å². The van der Waals surface area contributed by atoms with Crippen molar-refractivity contribution in [2.45, 2.75) is 32.2 Å². The number of fused-ring (bicyclic) bond motifs is 1. The van der Waals surface area contributed by atoms with Gasteiger partial charge in [0.25, 0.3) is 0 Å². The fourth-order valence-corrected chi connectivity index (χ4v) is 3.68. The SMILES string of the molecule is Cc1cc2c(cnn2-c2ccc(F)cc2)cc1O[C@H](c1ccccc1)[C@H](C)NC(=O)C(F)(F)F. The minimum absolute atomic E-state index is 0.356. The van der Waals surface area contributed by atoms with Crippen LogP contribution in [0.3, 0.4) is 0 Å². The topological polar surface area (TPSA) is 56.1 Å². The van der Waals surface area contributed by atoms with E-state index in [1.165, 1.54) is 19.1 Å². The van der Waals surface area contributed by atoms with Gasteiger partial charge in [-0.05, 0) is 61.4 Å². The van der Waals surface area contributed by atoms with Gasteiger partial charge in [0, 0.05) is 5.39 Å². The van der Waals surface area contributed by atoms with E-state index in [0.29, 0.717) is 22.6 Å². The first kappa shape index (κ1) is 23.3. The Hall–Kier alpha value is -3.88. The number of carbonyl (C=O) groups is 1. The van der Waals surface area contributed by atoms with Gasteiger partial charge in [-0.25, -0.2) is 9.07 Å². The van der Waals surface area contributed by atoms with Crippen LogP contribution in [0.1, 0.15) is 24.2 Å². The molecule has 1 heterocycles. The summed E-state index contributed by atoms with van der Waals surface area (Å²) in [6.45, 7) is 3.26. The number of aromatic nitrogens is 2. The number of benzene rings is 3. The second-order valence-electron chi connectivity index (χ2n) is 7.92. The number of ether oxygens (including phenoxy) is 1. The third kappa shape index (κ3) is 4.88.